The van der Waals surface area contributed by atoms with Gasteiger partial charge >= 0.3 is 0 Å². The molecule has 0 aliphatic heterocycles. The Morgan fingerprint density at radius 2 is 2.08 bits per heavy atom. The fraction of sp³-hybridized carbons (Fsp3) is 0.294. The molecule has 25 heavy (non-hydrogen) atoms. The minimum Gasteiger partial charge on any atom is -0.487 e. The van der Waals surface area contributed by atoms with E-state index in [1.165, 1.54) is 31.6 Å². The Kier molecular flexibility index (Phi) is 5.39. The van der Waals surface area contributed by atoms with Crippen molar-refractivity contribution in [2.45, 2.75) is 13.2 Å². The van der Waals surface area contributed by atoms with E-state index in [1.54, 1.807) is 12.1 Å². The van der Waals surface area contributed by atoms with Gasteiger partial charge in [-0.1, -0.05) is 11.6 Å². The lowest BCUT2D eigenvalue weighted by atomic mass is 10.1. The number of benzene rings is 1. The molecule has 1 N–H and O–H groups in total. The van der Waals surface area contributed by atoms with Gasteiger partial charge < -0.3 is 19.2 Å². The van der Waals surface area contributed by atoms with Gasteiger partial charge in [0.25, 0.3) is 0 Å². The molecule has 3 aromatic rings. The number of fused-ring (bicyclic) bond motifs is 1. The standard InChI is InChI=1S/C17H17ClN2O4S/c1-9-19-12(8-25-9)11-6-13(21)10-4-5-14(16(18)17(10)20-11)24-7-15(22-2)23-3/h4-6,8,15H,7H2,1-3H3,(H,20,21). The Morgan fingerprint density at radius 1 is 1.32 bits per heavy atom. The smallest absolute Gasteiger partial charge is 0.191 e. The number of ether oxygens (including phenoxy) is 3. The zero-order valence-electron chi connectivity index (χ0n) is 14.0. The van der Waals surface area contributed by atoms with Crippen molar-refractivity contribution in [3.05, 3.63) is 43.8 Å². The van der Waals surface area contributed by atoms with Crippen LogP contribution in [0.4, 0.5) is 0 Å². The van der Waals surface area contributed by atoms with Crippen molar-refractivity contribution in [1.82, 2.24) is 9.97 Å². The van der Waals surface area contributed by atoms with Crippen LogP contribution in [0.25, 0.3) is 22.3 Å². The highest BCUT2D eigenvalue weighted by molar-refractivity contribution is 7.09. The number of nitrogens with zero attached hydrogens (tertiary/aromatic N) is 1. The number of hydrogen-bond donors (Lipinski definition) is 1. The summed E-state index contributed by atoms with van der Waals surface area (Å²) in [5, 5.41) is 3.63. The summed E-state index contributed by atoms with van der Waals surface area (Å²) in [6, 6.07) is 4.87. The van der Waals surface area contributed by atoms with Gasteiger partial charge in [0.15, 0.2) is 11.7 Å². The first-order valence-electron chi connectivity index (χ1n) is 7.50. The average molecular weight is 381 g/mol. The molecule has 2 aromatic heterocycles. The second-order valence-electron chi connectivity index (χ2n) is 5.31. The highest BCUT2D eigenvalue weighted by Gasteiger charge is 2.14. The summed E-state index contributed by atoms with van der Waals surface area (Å²) in [6.07, 6.45) is -0.505. The summed E-state index contributed by atoms with van der Waals surface area (Å²) >= 11 is 7.97. The van der Waals surface area contributed by atoms with Crippen molar-refractivity contribution in [1.29, 1.82) is 0 Å². The van der Waals surface area contributed by atoms with Crippen molar-refractivity contribution in [2.24, 2.45) is 0 Å². The third-order valence-electron chi connectivity index (χ3n) is 3.70. The number of methoxy groups -OCH3 is 2. The maximum absolute atomic E-state index is 12.4. The van der Waals surface area contributed by atoms with Crippen molar-refractivity contribution < 1.29 is 14.2 Å². The number of aryl methyl sites for hydroxylation is 1. The van der Waals surface area contributed by atoms with Gasteiger partial charge in [-0.05, 0) is 19.1 Å². The SMILES string of the molecule is COC(COc1ccc2c(=O)cc(-c3csc(C)n3)[nH]c2c1Cl)OC. The van der Waals surface area contributed by atoms with Gasteiger partial charge in [0.2, 0.25) is 0 Å². The summed E-state index contributed by atoms with van der Waals surface area (Å²) in [4.78, 5) is 20.0. The van der Waals surface area contributed by atoms with Gasteiger partial charge in [0, 0.05) is 31.1 Å². The lowest BCUT2D eigenvalue weighted by Crippen LogP contribution is -2.22. The van der Waals surface area contributed by atoms with Crippen LogP contribution >= 0.6 is 22.9 Å². The Hall–Kier alpha value is -1.93. The Bertz CT molecular complexity index is 949. The molecule has 0 radical (unpaired) electrons. The van der Waals surface area contributed by atoms with Crippen LogP contribution in [0.5, 0.6) is 5.75 Å². The molecular weight excluding hydrogens is 364 g/mol. The predicted molar refractivity (Wildman–Crippen MR) is 98.7 cm³/mol. The molecule has 0 spiro atoms. The molecule has 0 aliphatic rings. The fourth-order valence-electron chi connectivity index (χ4n) is 2.39. The molecule has 3 rings (SSSR count). The molecule has 0 saturated carbocycles. The largest absolute Gasteiger partial charge is 0.487 e. The Balaban J connectivity index is 2.02. The number of thiazole rings is 1. The third kappa shape index (κ3) is 3.69. The summed E-state index contributed by atoms with van der Waals surface area (Å²) in [7, 11) is 3.05. The van der Waals surface area contributed by atoms with Crippen molar-refractivity contribution in [3.63, 3.8) is 0 Å². The van der Waals surface area contributed by atoms with Crippen LogP contribution in [0, 0.1) is 6.92 Å². The van der Waals surface area contributed by atoms with E-state index < -0.39 is 6.29 Å². The third-order valence-corrected chi connectivity index (χ3v) is 4.85. The van der Waals surface area contributed by atoms with Crippen molar-refractivity contribution in [3.8, 4) is 17.1 Å². The average Bonchev–Trinajstić information content (AvgIpc) is 3.04. The van der Waals surface area contributed by atoms with Gasteiger partial charge in [0.05, 0.1) is 21.9 Å². The van der Waals surface area contributed by atoms with E-state index in [1.807, 2.05) is 12.3 Å². The second-order valence-corrected chi connectivity index (χ2v) is 6.75. The van der Waals surface area contributed by atoms with E-state index in [0.29, 0.717) is 33.1 Å². The van der Waals surface area contributed by atoms with Crippen molar-refractivity contribution >= 4 is 33.8 Å². The lowest BCUT2D eigenvalue weighted by molar-refractivity contribution is -0.121. The molecule has 0 saturated heterocycles. The highest BCUT2D eigenvalue weighted by atomic mass is 35.5. The van der Waals surface area contributed by atoms with Gasteiger partial charge in [-0.2, -0.15) is 0 Å². The first-order chi connectivity index (χ1) is 12.0. The molecule has 0 amide bonds. The molecular formula is C17H17ClN2O4S. The van der Waals surface area contributed by atoms with E-state index in [2.05, 4.69) is 9.97 Å². The Labute approximate surface area is 153 Å². The summed E-state index contributed by atoms with van der Waals surface area (Å²) in [6.45, 7) is 2.09. The molecule has 6 nitrogen and oxygen atoms in total. The number of hydrogen-bond acceptors (Lipinski definition) is 6. The molecule has 0 fully saturated rings. The number of rotatable bonds is 6. The first kappa shape index (κ1) is 17.9. The topological polar surface area (TPSA) is 73.4 Å². The van der Waals surface area contributed by atoms with Crippen LogP contribution in [0.2, 0.25) is 5.02 Å². The van der Waals surface area contributed by atoms with Gasteiger partial charge in [-0.3, -0.25) is 4.79 Å². The molecule has 1 aromatic carbocycles. The normalized spacial score (nSPS) is 11.4. The highest BCUT2D eigenvalue weighted by Crippen LogP contribution is 2.32. The van der Waals surface area contributed by atoms with Crippen LogP contribution in [-0.4, -0.2) is 37.1 Å². The molecule has 0 atom stereocenters. The maximum atomic E-state index is 12.4. The number of aromatic nitrogens is 2. The van der Waals surface area contributed by atoms with E-state index in [4.69, 9.17) is 25.8 Å². The summed E-state index contributed by atoms with van der Waals surface area (Å²) in [5.41, 5.74) is 1.71. The van der Waals surface area contributed by atoms with Crippen molar-refractivity contribution in [2.75, 3.05) is 20.8 Å². The lowest BCUT2D eigenvalue weighted by Gasteiger charge is -2.15. The van der Waals surface area contributed by atoms with E-state index in [-0.39, 0.29) is 12.0 Å². The first-order valence-corrected chi connectivity index (χ1v) is 8.75. The van der Waals surface area contributed by atoms with E-state index in [9.17, 15) is 4.79 Å². The Morgan fingerprint density at radius 3 is 2.72 bits per heavy atom. The van der Waals surface area contributed by atoms with Crippen LogP contribution in [0.15, 0.2) is 28.4 Å². The molecule has 0 unspecified atom stereocenters. The second kappa shape index (κ2) is 7.53. The zero-order chi connectivity index (χ0) is 18.0. The molecule has 0 bridgehead atoms. The van der Waals surface area contributed by atoms with Crippen LogP contribution < -0.4 is 10.2 Å². The fourth-order valence-corrected chi connectivity index (χ4v) is 3.27. The summed E-state index contributed by atoms with van der Waals surface area (Å²) < 4.78 is 15.8. The van der Waals surface area contributed by atoms with E-state index >= 15 is 0 Å². The molecule has 8 heteroatoms. The minimum absolute atomic E-state index is 0.130. The van der Waals surface area contributed by atoms with Crippen LogP contribution in [-0.2, 0) is 9.47 Å². The molecule has 0 aliphatic carbocycles. The van der Waals surface area contributed by atoms with Gasteiger partial charge in [-0.15, -0.1) is 11.3 Å². The van der Waals surface area contributed by atoms with Crippen LogP contribution in [0.1, 0.15) is 5.01 Å². The summed E-state index contributed by atoms with van der Waals surface area (Å²) in [5.74, 6) is 0.440. The number of aromatic amines is 1. The van der Waals surface area contributed by atoms with E-state index in [0.717, 1.165) is 5.01 Å². The molecule has 2 heterocycles. The number of pyridine rings is 1. The van der Waals surface area contributed by atoms with Gasteiger partial charge in [-0.25, -0.2) is 4.98 Å². The van der Waals surface area contributed by atoms with Crippen LogP contribution in [0.3, 0.4) is 0 Å². The number of halogens is 1. The number of nitrogens with one attached hydrogen (secondary N) is 1. The maximum Gasteiger partial charge on any atom is 0.191 e. The van der Waals surface area contributed by atoms with Gasteiger partial charge in [0.1, 0.15) is 17.4 Å². The minimum atomic E-state index is -0.505. The quantitative estimate of drug-likeness (QED) is 0.661. The monoisotopic (exact) mass is 380 g/mol. The molecule has 132 valence electrons. The zero-order valence-corrected chi connectivity index (χ0v) is 15.5. The number of H-pyrrole nitrogens is 1. The predicted octanol–water partition coefficient (Wildman–Crippen LogP) is 3.61.